The van der Waals surface area contributed by atoms with Gasteiger partial charge in [0.25, 0.3) is 0 Å². The monoisotopic (exact) mass is 506 g/mol. The van der Waals surface area contributed by atoms with Gasteiger partial charge in [-0.1, -0.05) is 48.5 Å². The lowest BCUT2D eigenvalue weighted by atomic mass is 9.98. The lowest BCUT2D eigenvalue weighted by Crippen LogP contribution is -2.42. The first-order valence-electron chi connectivity index (χ1n) is 12.0. The van der Waals surface area contributed by atoms with Crippen LogP contribution in [-0.2, 0) is 27.2 Å². The molecule has 1 aromatic heterocycles. The van der Waals surface area contributed by atoms with Gasteiger partial charge in [0.1, 0.15) is 29.8 Å². The highest BCUT2D eigenvalue weighted by Crippen LogP contribution is 2.44. The summed E-state index contributed by atoms with van der Waals surface area (Å²) in [7, 11) is 0. The van der Waals surface area contributed by atoms with Crippen molar-refractivity contribution in [2.75, 3.05) is 6.61 Å². The van der Waals surface area contributed by atoms with Crippen LogP contribution < -0.4 is 10.6 Å². The van der Waals surface area contributed by atoms with Crippen LogP contribution in [-0.4, -0.2) is 41.5 Å². The van der Waals surface area contributed by atoms with Crippen LogP contribution in [0.1, 0.15) is 49.3 Å². The van der Waals surface area contributed by atoms with Gasteiger partial charge in [0.05, 0.1) is 6.54 Å². The first-order chi connectivity index (χ1) is 17.6. The van der Waals surface area contributed by atoms with E-state index < -0.39 is 29.8 Å². The number of carboxylic acid groups (broad SMARTS) is 1. The van der Waals surface area contributed by atoms with Crippen molar-refractivity contribution in [3.05, 3.63) is 83.3 Å². The van der Waals surface area contributed by atoms with E-state index >= 15 is 0 Å². The molecule has 0 spiro atoms. The molecule has 3 N–H and O–H groups in total. The Labute approximate surface area is 214 Å². The van der Waals surface area contributed by atoms with E-state index in [9.17, 15) is 19.5 Å². The van der Waals surface area contributed by atoms with E-state index in [-0.39, 0.29) is 25.5 Å². The summed E-state index contributed by atoms with van der Waals surface area (Å²) in [5.74, 6) is -0.594. The Morgan fingerprint density at radius 2 is 1.51 bits per heavy atom. The van der Waals surface area contributed by atoms with Crippen LogP contribution in [0.2, 0.25) is 0 Å². The first kappa shape index (κ1) is 25.8. The number of hydrogen-bond acceptors (Lipinski definition) is 6. The van der Waals surface area contributed by atoms with Gasteiger partial charge in [-0.05, 0) is 55.2 Å². The Hall–Kier alpha value is -4.27. The number of carbonyl (C=O) groups excluding carboxylic acids is 2. The summed E-state index contributed by atoms with van der Waals surface area (Å²) in [5, 5.41) is 14.6. The number of benzene rings is 2. The van der Waals surface area contributed by atoms with Crippen molar-refractivity contribution >= 4 is 18.2 Å². The van der Waals surface area contributed by atoms with Crippen LogP contribution in [0.25, 0.3) is 11.1 Å². The Bertz CT molecular complexity index is 1250. The molecule has 0 aliphatic heterocycles. The van der Waals surface area contributed by atoms with Crippen LogP contribution >= 0.6 is 0 Å². The fraction of sp³-hybridized carbons (Fsp3) is 0.321. The quantitative estimate of drug-likeness (QED) is 0.399. The van der Waals surface area contributed by atoms with Gasteiger partial charge in [-0.15, -0.1) is 0 Å². The second-order valence-corrected chi connectivity index (χ2v) is 9.79. The van der Waals surface area contributed by atoms with Crippen molar-refractivity contribution in [1.29, 1.82) is 0 Å². The van der Waals surface area contributed by atoms with Gasteiger partial charge in [0, 0.05) is 12.3 Å². The summed E-state index contributed by atoms with van der Waals surface area (Å²) in [6.07, 6.45) is -1.51. The molecule has 1 unspecified atom stereocenters. The molecule has 0 bridgehead atoms. The van der Waals surface area contributed by atoms with Crippen molar-refractivity contribution in [2.45, 2.75) is 51.3 Å². The highest BCUT2D eigenvalue weighted by molar-refractivity contribution is 5.81. The molecular weight excluding hydrogens is 476 g/mol. The zero-order valence-electron chi connectivity index (χ0n) is 20.9. The van der Waals surface area contributed by atoms with Crippen LogP contribution in [0.15, 0.2) is 65.1 Å². The number of ether oxygens (including phenoxy) is 2. The number of hydrogen-bond donors (Lipinski definition) is 3. The minimum atomic E-state index is -1.26. The molecule has 0 saturated carbocycles. The maximum Gasteiger partial charge on any atom is 0.408 e. The van der Waals surface area contributed by atoms with E-state index in [0.717, 1.165) is 22.3 Å². The molecule has 1 atom stereocenters. The smallest absolute Gasteiger partial charge is 0.408 e. The number of rotatable bonds is 8. The first-order valence-corrected chi connectivity index (χ1v) is 12.0. The number of aliphatic carboxylic acids is 1. The molecule has 1 heterocycles. The van der Waals surface area contributed by atoms with Crippen molar-refractivity contribution in [2.24, 2.45) is 0 Å². The molecule has 37 heavy (non-hydrogen) atoms. The summed E-state index contributed by atoms with van der Waals surface area (Å²) in [5.41, 5.74) is 3.71. The van der Waals surface area contributed by atoms with E-state index in [4.69, 9.17) is 13.9 Å². The Balaban J connectivity index is 1.32. The molecule has 1 aliphatic carbocycles. The topological polar surface area (TPSA) is 127 Å². The minimum absolute atomic E-state index is 0.0759. The molecule has 9 heteroatoms. The summed E-state index contributed by atoms with van der Waals surface area (Å²) in [6, 6.07) is 17.9. The second-order valence-electron chi connectivity index (χ2n) is 9.79. The predicted molar refractivity (Wildman–Crippen MR) is 135 cm³/mol. The third-order valence-electron chi connectivity index (χ3n) is 5.86. The predicted octanol–water partition coefficient (Wildman–Crippen LogP) is 4.84. The molecule has 0 saturated heterocycles. The number of nitrogens with one attached hydrogen (secondary N) is 2. The van der Waals surface area contributed by atoms with E-state index in [1.807, 2.05) is 48.5 Å². The lowest BCUT2D eigenvalue weighted by Gasteiger charge is -2.19. The van der Waals surface area contributed by atoms with Crippen molar-refractivity contribution in [3.8, 4) is 11.1 Å². The van der Waals surface area contributed by atoms with Gasteiger partial charge in [-0.3, -0.25) is 0 Å². The summed E-state index contributed by atoms with van der Waals surface area (Å²) >= 11 is 0. The maximum absolute atomic E-state index is 12.5. The Kier molecular flexibility index (Phi) is 7.52. The maximum atomic E-state index is 12.5. The molecule has 4 rings (SSSR count). The lowest BCUT2D eigenvalue weighted by molar-refractivity contribution is -0.139. The van der Waals surface area contributed by atoms with Crippen LogP contribution in [0, 0.1) is 0 Å². The van der Waals surface area contributed by atoms with Crippen LogP contribution in [0.3, 0.4) is 0 Å². The van der Waals surface area contributed by atoms with E-state index in [1.54, 1.807) is 32.9 Å². The number of fused-ring (bicyclic) bond motifs is 3. The molecule has 194 valence electrons. The number of alkyl carbamates (subject to hydrolysis) is 2. The summed E-state index contributed by atoms with van der Waals surface area (Å²) < 4.78 is 16.3. The largest absolute Gasteiger partial charge is 0.480 e. The van der Waals surface area contributed by atoms with Gasteiger partial charge in [-0.25, -0.2) is 14.4 Å². The molecule has 3 aromatic rings. The third-order valence-corrected chi connectivity index (χ3v) is 5.86. The van der Waals surface area contributed by atoms with Gasteiger partial charge in [-0.2, -0.15) is 0 Å². The van der Waals surface area contributed by atoms with E-state index in [2.05, 4.69) is 10.6 Å². The highest BCUT2D eigenvalue weighted by atomic mass is 16.6. The van der Waals surface area contributed by atoms with Crippen molar-refractivity contribution < 1.29 is 33.4 Å². The molecule has 9 nitrogen and oxygen atoms in total. The SMILES string of the molecule is CC(C)(C)OC(=O)NCc1ccc(CC(NC(=O)OCC2c3ccccc3-c3ccccc32)C(=O)O)o1. The number of carboxylic acids is 1. The number of amides is 2. The number of carbonyl (C=O) groups is 3. The van der Waals surface area contributed by atoms with E-state index in [0.29, 0.717) is 11.5 Å². The molecule has 2 amide bonds. The van der Waals surface area contributed by atoms with Gasteiger partial charge in [0.15, 0.2) is 0 Å². The van der Waals surface area contributed by atoms with Crippen LogP contribution in [0.5, 0.6) is 0 Å². The molecular formula is C28H30N2O7. The fourth-order valence-corrected chi connectivity index (χ4v) is 4.28. The molecule has 2 aromatic carbocycles. The normalized spacial score (nSPS) is 13.3. The summed E-state index contributed by atoms with van der Waals surface area (Å²) in [6.45, 7) is 5.42. The van der Waals surface area contributed by atoms with Gasteiger partial charge >= 0.3 is 18.2 Å². The minimum Gasteiger partial charge on any atom is -0.480 e. The average Bonchev–Trinajstić information content (AvgIpc) is 3.42. The highest BCUT2D eigenvalue weighted by Gasteiger charge is 2.30. The standard InChI is InChI=1S/C28H30N2O7/c1-28(2,3)37-26(33)29-15-18-13-12-17(36-18)14-24(25(31)32)30-27(34)35-16-23-21-10-6-4-8-19(21)20-9-5-7-11-22(20)23/h4-13,23-24H,14-16H2,1-3H3,(H,29,33)(H,30,34)(H,31,32). The second kappa shape index (κ2) is 10.8. The van der Waals surface area contributed by atoms with Crippen molar-refractivity contribution in [1.82, 2.24) is 10.6 Å². The number of furan rings is 1. The molecule has 1 aliphatic rings. The van der Waals surface area contributed by atoms with Gasteiger partial charge < -0.3 is 29.6 Å². The zero-order valence-corrected chi connectivity index (χ0v) is 20.9. The van der Waals surface area contributed by atoms with Crippen molar-refractivity contribution in [3.63, 3.8) is 0 Å². The molecule has 0 radical (unpaired) electrons. The Morgan fingerprint density at radius 1 is 0.919 bits per heavy atom. The van der Waals surface area contributed by atoms with Crippen LogP contribution in [0.4, 0.5) is 9.59 Å². The summed E-state index contributed by atoms with van der Waals surface area (Å²) in [4.78, 5) is 36.1. The fourth-order valence-electron chi connectivity index (χ4n) is 4.28. The third kappa shape index (κ3) is 6.49. The van der Waals surface area contributed by atoms with Gasteiger partial charge in [0.2, 0.25) is 0 Å². The van der Waals surface area contributed by atoms with E-state index in [1.165, 1.54) is 0 Å². The molecule has 0 fully saturated rings. The Morgan fingerprint density at radius 3 is 2.11 bits per heavy atom. The zero-order chi connectivity index (χ0) is 26.6. The average molecular weight is 507 g/mol.